The minimum absolute atomic E-state index is 0.157. The first-order chi connectivity index (χ1) is 9.16. The van der Waals surface area contributed by atoms with Gasteiger partial charge in [0.25, 0.3) is 0 Å². The van der Waals surface area contributed by atoms with Crippen LogP contribution in [-0.2, 0) is 6.42 Å². The minimum atomic E-state index is 0.157. The van der Waals surface area contributed by atoms with Crippen molar-refractivity contribution in [3.05, 3.63) is 46.4 Å². The average Bonchev–Trinajstić information content (AvgIpc) is 2.42. The quantitative estimate of drug-likeness (QED) is 0.784. The summed E-state index contributed by atoms with van der Waals surface area (Å²) in [5.41, 5.74) is 15.6. The second-order valence-corrected chi connectivity index (χ2v) is 5.16. The molecular weight excluding hydrogens is 260 g/mol. The summed E-state index contributed by atoms with van der Waals surface area (Å²) in [4.78, 5) is 8.20. The van der Waals surface area contributed by atoms with Crippen molar-refractivity contribution in [3.8, 4) is 0 Å². The molecule has 19 heavy (non-hydrogen) atoms. The summed E-state index contributed by atoms with van der Waals surface area (Å²) in [6.45, 7) is 0. The Morgan fingerprint density at radius 1 is 1.16 bits per heavy atom. The third-order valence-electron chi connectivity index (χ3n) is 3.68. The molecule has 0 fully saturated rings. The highest BCUT2D eigenvalue weighted by Gasteiger charge is 2.25. The average molecular weight is 275 g/mol. The zero-order chi connectivity index (χ0) is 13.4. The highest BCUT2D eigenvalue weighted by Crippen LogP contribution is 2.39. The van der Waals surface area contributed by atoms with Gasteiger partial charge in [-0.1, -0.05) is 24.3 Å². The lowest BCUT2D eigenvalue weighted by Crippen LogP contribution is -2.16. The summed E-state index contributed by atoms with van der Waals surface area (Å²) in [6, 6.07) is 8.39. The Morgan fingerprint density at radius 2 is 1.95 bits per heavy atom. The Balaban J connectivity index is 2.14. The van der Waals surface area contributed by atoms with Gasteiger partial charge in [0.05, 0.1) is 11.4 Å². The number of fused-ring (bicyclic) bond motifs is 1. The van der Waals surface area contributed by atoms with Crippen LogP contribution in [0.25, 0.3) is 0 Å². The largest absolute Gasteiger partial charge is 0.394 e. The van der Waals surface area contributed by atoms with Crippen LogP contribution in [0.4, 0.5) is 11.5 Å². The summed E-state index contributed by atoms with van der Waals surface area (Å²) in [6.07, 6.45) is 3.22. The zero-order valence-electron chi connectivity index (χ0n) is 10.4. The standard InChI is InChI=1S/C14H15ClN4/c15-14-18-12(11(16)13(17)19-14)10-7-3-5-8-4-1-2-6-9(8)10/h1-2,4,6,10H,3,5,7,16H2,(H2,17,18,19). The van der Waals surface area contributed by atoms with E-state index < -0.39 is 0 Å². The van der Waals surface area contributed by atoms with Gasteiger partial charge in [0, 0.05) is 5.92 Å². The van der Waals surface area contributed by atoms with Gasteiger partial charge in [-0.05, 0) is 42.0 Å². The molecule has 98 valence electrons. The van der Waals surface area contributed by atoms with Gasteiger partial charge in [-0.2, -0.15) is 4.98 Å². The Hall–Kier alpha value is -1.81. The predicted octanol–water partition coefficient (Wildman–Crippen LogP) is 2.76. The summed E-state index contributed by atoms with van der Waals surface area (Å²) in [7, 11) is 0. The van der Waals surface area contributed by atoms with E-state index in [1.807, 2.05) is 6.07 Å². The molecule has 0 spiro atoms. The Bertz CT molecular complexity index is 627. The molecule has 4 nitrogen and oxygen atoms in total. The van der Waals surface area contributed by atoms with E-state index in [9.17, 15) is 0 Å². The maximum atomic E-state index is 6.03. The molecule has 1 aromatic carbocycles. The fraction of sp³-hybridized carbons (Fsp3) is 0.286. The third kappa shape index (κ3) is 2.12. The molecule has 0 amide bonds. The van der Waals surface area contributed by atoms with Gasteiger partial charge in [0.2, 0.25) is 5.28 Å². The molecule has 1 aliphatic carbocycles. The summed E-state index contributed by atoms with van der Waals surface area (Å²) in [5.74, 6) is 0.422. The molecule has 1 atom stereocenters. The first kappa shape index (κ1) is 12.2. The number of nitrogens with zero attached hydrogens (tertiary/aromatic N) is 2. The number of rotatable bonds is 1. The Kier molecular flexibility index (Phi) is 3.03. The number of nitrogens with two attached hydrogens (primary N) is 2. The van der Waals surface area contributed by atoms with Crippen LogP contribution in [0.1, 0.15) is 35.6 Å². The van der Waals surface area contributed by atoms with E-state index >= 15 is 0 Å². The van der Waals surface area contributed by atoms with Crippen molar-refractivity contribution in [3.63, 3.8) is 0 Å². The van der Waals surface area contributed by atoms with E-state index in [1.54, 1.807) is 0 Å². The number of anilines is 2. The Morgan fingerprint density at radius 3 is 2.79 bits per heavy atom. The number of hydrogen-bond acceptors (Lipinski definition) is 4. The van der Waals surface area contributed by atoms with Gasteiger partial charge in [0.15, 0.2) is 5.82 Å². The molecule has 0 radical (unpaired) electrons. The smallest absolute Gasteiger partial charge is 0.224 e. The molecular formula is C14H15ClN4. The molecule has 4 N–H and O–H groups in total. The molecule has 0 saturated heterocycles. The second kappa shape index (κ2) is 4.70. The summed E-state index contributed by atoms with van der Waals surface area (Å²) < 4.78 is 0. The van der Waals surface area contributed by atoms with Gasteiger partial charge < -0.3 is 11.5 Å². The maximum Gasteiger partial charge on any atom is 0.224 e. The van der Waals surface area contributed by atoms with Crippen molar-refractivity contribution in [1.82, 2.24) is 9.97 Å². The predicted molar refractivity (Wildman–Crippen MR) is 77.1 cm³/mol. The molecule has 0 bridgehead atoms. The van der Waals surface area contributed by atoms with Crippen molar-refractivity contribution >= 4 is 23.1 Å². The zero-order valence-corrected chi connectivity index (χ0v) is 11.2. The number of hydrogen-bond donors (Lipinski definition) is 2. The SMILES string of the molecule is Nc1nc(Cl)nc(C2CCCc3ccccc32)c1N. The van der Waals surface area contributed by atoms with E-state index in [4.69, 9.17) is 23.1 Å². The van der Waals surface area contributed by atoms with E-state index in [-0.39, 0.29) is 17.0 Å². The van der Waals surface area contributed by atoms with E-state index in [1.165, 1.54) is 11.1 Å². The van der Waals surface area contributed by atoms with E-state index in [0.29, 0.717) is 5.69 Å². The van der Waals surface area contributed by atoms with Crippen LogP contribution in [0.2, 0.25) is 5.28 Å². The van der Waals surface area contributed by atoms with Crippen molar-refractivity contribution in [2.75, 3.05) is 11.5 Å². The lowest BCUT2D eigenvalue weighted by Gasteiger charge is -2.26. The molecule has 0 saturated carbocycles. The van der Waals surface area contributed by atoms with Crippen molar-refractivity contribution in [2.24, 2.45) is 0 Å². The van der Waals surface area contributed by atoms with Crippen molar-refractivity contribution < 1.29 is 0 Å². The van der Waals surface area contributed by atoms with Crippen LogP contribution >= 0.6 is 11.6 Å². The minimum Gasteiger partial charge on any atom is -0.394 e. The molecule has 5 heteroatoms. The van der Waals surface area contributed by atoms with E-state index in [2.05, 4.69) is 28.2 Å². The van der Waals surface area contributed by atoms with Crippen molar-refractivity contribution in [1.29, 1.82) is 0 Å². The molecule has 0 aliphatic heterocycles. The number of nitrogen functional groups attached to an aromatic ring is 2. The molecule has 3 rings (SSSR count). The fourth-order valence-corrected chi connectivity index (χ4v) is 2.96. The second-order valence-electron chi connectivity index (χ2n) is 4.82. The number of benzene rings is 1. The van der Waals surface area contributed by atoms with Crippen LogP contribution in [0.3, 0.4) is 0 Å². The number of halogens is 1. The lowest BCUT2D eigenvalue weighted by molar-refractivity contribution is 0.605. The van der Waals surface area contributed by atoms with Gasteiger partial charge in [-0.25, -0.2) is 4.98 Å². The van der Waals surface area contributed by atoms with Crippen LogP contribution in [0.5, 0.6) is 0 Å². The lowest BCUT2D eigenvalue weighted by atomic mass is 9.80. The van der Waals surface area contributed by atoms with Crippen LogP contribution < -0.4 is 11.5 Å². The maximum absolute atomic E-state index is 6.03. The van der Waals surface area contributed by atoms with Crippen LogP contribution in [-0.4, -0.2) is 9.97 Å². The number of aromatic nitrogens is 2. The molecule has 1 unspecified atom stereocenters. The van der Waals surface area contributed by atoms with Gasteiger partial charge in [-0.15, -0.1) is 0 Å². The molecule has 1 aromatic heterocycles. The topological polar surface area (TPSA) is 77.8 Å². The van der Waals surface area contributed by atoms with Gasteiger partial charge in [0.1, 0.15) is 0 Å². The monoisotopic (exact) mass is 274 g/mol. The highest BCUT2D eigenvalue weighted by atomic mass is 35.5. The van der Waals surface area contributed by atoms with Gasteiger partial charge in [-0.3, -0.25) is 0 Å². The van der Waals surface area contributed by atoms with Crippen molar-refractivity contribution in [2.45, 2.75) is 25.2 Å². The first-order valence-corrected chi connectivity index (χ1v) is 6.71. The normalized spacial score (nSPS) is 18.1. The van der Waals surface area contributed by atoms with E-state index in [0.717, 1.165) is 25.0 Å². The Labute approximate surface area is 116 Å². The fourth-order valence-electron chi connectivity index (χ4n) is 2.78. The first-order valence-electron chi connectivity index (χ1n) is 6.33. The van der Waals surface area contributed by atoms with Crippen LogP contribution in [0, 0.1) is 0 Å². The highest BCUT2D eigenvalue weighted by molar-refractivity contribution is 6.28. The molecule has 2 aromatic rings. The summed E-state index contributed by atoms with van der Waals surface area (Å²) >= 11 is 5.91. The van der Waals surface area contributed by atoms with Crippen LogP contribution in [0.15, 0.2) is 24.3 Å². The molecule has 1 aliphatic rings. The summed E-state index contributed by atoms with van der Waals surface area (Å²) in [5, 5.41) is 0.157. The molecule has 1 heterocycles. The van der Waals surface area contributed by atoms with Gasteiger partial charge >= 0.3 is 0 Å². The number of aryl methyl sites for hydroxylation is 1. The third-order valence-corrected chi connectivity index (χ3v) is 3.85.